The zero-order valence-corrected chi connectivity index (χ0v) is 18.2. The molecule has 0 spiro atoms. The van der Waals surface area contributed by atoms with Gasteiger partial charge in [-0.05, 0) is 42.8 Å². The summed E-state index contributed by atoms with van der Waals surface area (Å²) in [6.45, 7) is 1.93. The summed E-state index contributed by atoms with van der Waals surface area (Å²) in [5, 5.41) is 26.0. The third-order valence-corrected chi connectivity index (χ3v) is 4.45. The molecule has 1 N–H and O–H groups in total. The highest BCUT2D eigenvalue weighted by molar-refractivity contribution is 5.95. The lowest BCUT2D eigenvalue weighted by Gasteiger charge is -2.11. The van der Waals surface area contributed by atoms with Gasteiger partial charge in [0, 0.05) is 17.7 Å². The number of ether oxygens (including phenoxy) is 2. The maximum atomic E-state index is 12.6. The zero-order chi connectivity index (χ0) is 25.4. The van der Waals surface area contributed by atoms with Crippen LogP contribution in [0.3, 0.4) is 0 Å². The molecule has 0 aliphatic carbocycles. The molecule has 0 bridgehead atoms. The number of amides is 1. The monoisotopic (exact) mass is 478 g/mol. The number of carbonyl (C=O) groups excluding carboxylic acids is 2. The lowest BCUT2D eigenvalue weighted by molar-refractivity contribution is -0.394. The van der Waals surface area contributed by atoms with Gasteiger partial charge in [-0.1, -0.05) is 18.2 Å². The molecule has 12 heteroatoms. The van der Waals surface area contributed by atoms with E-state index < -0.39 is 33.1 Å². The highest BCUT2D eigenvalue weighted by atomic mass is 16.6. The Labute approximate surface area is 198 Å². The molecule has 3 rings (SSSR count). The molecule has 0 atom stereocenters. The van der Waals surface area contributed by atoms with Gasteiger partial charge in [0.1, 0.15) is 0 Å². The van der Waals surface area contributed by atoms with Crippen LogP contribution in [0.25, 0.3) is 0 Å². The average Bonchev–Trinajstić information content (AvgIpc) is 2.85. The van der Waals surface area contributed by atoms with Crippen molar-refractivity contribution < 1.29 is 28.9 Å². The molecule has 0 heterocycles. The first-order valence-corrected chi connectivity index (χ1v) is 10.1. The summed E-state index contributed by atoms with van der Waals surface area (Å²) in [5.74, 6) is -1.31. The van der Waals surface area contributed by atoms with Crippen molar-refractivity contribution in [1.29, 1.82) is 0 Å². The van der Waals surface area contributed by atoms with E-state index >= 15 is 0 Å². The Hall–Kier alpha value is -5.13. The summed E-state index contributed by atoms with van der Waals surface area (Å²) in [5.41, 5.74) is 1.71. The number of carbonyl (C=O) groups is 2. The van der Waals surface area contributed by atoms with Gasteiger partial charge in [0.05, 0.1) is 34.3 Å². The van der Waals surface area contributed by atoms with Crippen molar-refractivity contribution >= 4 is 29.5 Å². The molecule has 0 saturated heterocycles. The van der Waals surface area contributed by atoms with Crippen molar-refractivity contribution in [2.75, 3.05) is 6.61 Å². The summed E-state index contributed by atoms with van der Waals surface area (Å²) in [6, 6.07) is 15.4. The number of nitrogens with zero attached hydrogens (tertiary/aromatic N) is 3. The fourth-order valence-electron chi connectivity index (χ4n) is 2.86. The highest BCUT2D eigenvalue weighted by Gasteiger charge is 2.22. The second-order valence-electron chi connectivity index (χ2n) is 6.85. The van der Waals surface area contributed by atoms with Gasteiger partial charge in [-0.2, -0.15) is 5.10 Å². The molecule has 1 amide bonds. The van der Waals surface area contributed by atoms with E-state index in [2.05, 4.69) is 10.5 Å². The summed E-state index contributed by atoms with van der Waals surface area (Å²) in [4.78, 5) is 45.1. The van der Waals surface area contributed by atoms with Crippen LogP contribution in [0.5, 0.6) is 11.5 Å². The second-order valence-corrected chi connectivity index (χ2v) is 6.85. The number of hydrogen-bond acceptors (Lipinski definition) is 9. The van der Waals surface area contributed by atoms with E-state index in [1.807, 2.05) is 0 Å². The third kappa shape index (κ3) is 6.44. The van der Waals surface area contributed by atoms with Crippen molar-refractivity contribution in [2.45, 2.75) is 6.92 Å². The minimum Gasteiger partial charge on any atom is -0.490 e. The van der Waals surface area contributed by atoms with Crippen LogP contribution >= 0.6 is 0 Å². The Bertz CT molecular complexity index is 1280. The summed E-state index contributed by atoms with van der Waals surface area (Å²) < 4.78 is 10.8. The molecule has 0 aliphatic heterocycles. The highest BCUT2D eigenvalue weighted by Crippen LogP contribution is 2.30. The quantitative estimate of drug-likeness (QED) is 0.159. The molecule has 178 valence electrons. The fraction of sp³-hybridized carbons (Fsp3) is 0.0870. The van der Waals surface area contributed by atoms with Crippen LogP contribution in [-0.4, -0.2) is 34.5 Å². The smallest absolute Gasteiger partial charge is 0.344 e. The SMILES string of the molecule is CCOc1cc(/C=N/NC(=O)c2ccccc2)ccc1OC(=O)c1cc([N+](=O)[O-])cc([N+](=O)[O-])c1. The predicted octanol–water partition coefficient (Wildman–Crippen LogP) is 3.88. The number of nitro benzene ring substituents is 2. The molecule has 12 nitrogen and oxygen atoms in total. The van der Waals surface area contributed by atoms with Gasteiger partial charge in [-0.25, -0.2) is 10.2 Å². The number of benzene rings is 3. The van der Waals surface area contributed by atoms with Crippen LogP contribution < -0.4 is 14.9 Å². The lowest BCUT2D eigenvalue weighted by Crippen LogP contribution is -2.17. The van der Waals surface area contributed by atoms with Gasteiger partial charge in [0.15, 0.2) is 11.5 Å². The largest absolute Gasteiger partial charge is 0.490 e. The molecule has 3 aromatic rings. The number of esters is 1. The Morgan fingerprint density at radius 3 is 2.17 bits per heavy atom. The summed E-state index contributed by atoms with van der Waals surface area (Å²) >= 11 is 0. The first-order chi connectivity index (χ1) is 16.8. The normalized spacial score (nSPS) is 10.5. The fourth-order valence-corrected chi connectivity index (χ4v) is 2.86. The van der Waals surface area contributed by atoms with E-state index in [0.29, 0.717) is 11.1 Å². The topological polar surface area (TPSA) is 163 Å². The number of rotatable bonds is 9. The van der Waals surface area contributed by atoms with Crippen LogP contribution in [0.2, 0.25) is 0 Å². The number of hydrogen-bond donors (Lipinski definition) is 1. The summed E-state index contributed by atoms with van der Waals surface area (Å²) in [6.07, 6.45) is 1.36. The van der Waals surface area contributed by atoms with Crippen LogP contribution in [0.15, 0.2) is 71.8 Å². The first kappa shape index (κ1) is 24.5. The van der Waals surface area contributed by atoms with Crippen LogP contribution in [0, 0.1) is 20.2 Å². The molecule has 0 radical (unpaired) electrons. The predicted molar refractivity (Wildman–Crippen MR) is 124 cm³/mol. The second kappa shape index (κ2) is 11.1. The van der Waals surface area contributed by atoms with E-state index in [1.54, 1.807) is 37.3 Å². The lowest BCUT2D eigenvalue weighted by atomic mass is 10.1. The van der Waals surface area contributed by atoms with Crippen molar-refractivity contribution in [1.82, 2.24) is 5.43 Å². The molecule has 0 aromatic heterocycles. The van der Waals surface area contributed by atoms with Crippen molar-refractivity contribution in [3.63, 3.8) is 0 Å². The van der Waals surface area contributed by atoms with Gasteiger partial charge in [-0.3, -0.25) is 25.0 Å². The maximum absolute atomic E-state index is 12.6. The van der Waals surface area contributed by atoms with Crippen molar-refractivity contribution in [3.05, 3.63) is 104 Å². The van der Waals surface area contributed by atoms with Gasteiger partial charge in [0.2, 0.25) is 0 Å². The number of non-ortho nitro benzene ring substituents is 2. The summed E-state index contributed by atoms with van der Waals surface area (Å²) in [7, 11) is 0. The van der Waals surface area contributed by atoms with Crippen LogP contribution in [-0.2, 0) is 0 Å². The maximum Gasteiger partial charge on any atom is 0.344 e. The zero-order valence-electron chi connectivity index (χ0n) is 18.2. The Morgan fingerprint density at radius 2 is 1.57 bits per heavy atom. The van der Waals surface area contributed by atoms with Crippen molar-refractivity contribution in [2.24, 2.45) is 5.10 Å². The molecule has 0 aliphatic rings. The van der Waals surface area contributed by atoms with Gasteiger partial charge in [0.25, 0.3) is 17.3 Å². The average molecular weight is 478 g/mol. The minimum absolute atomic E-state index is 0.0171. The molecule has 0 unspecified atom stereocenters. The molecule has 3 aromatic carbocycles. The first-order valence-electron chi connectivity index (χ1n) is 10.1. The molecule has 0 fully saturated rings. The van der Waals surface area contributed by atoms with Crippen LogP contribution in [0.1, 0.15) is 33.2 Å². The number of nitrogens with one attached hydrogen (secondary N) is 1. The van der Waals surface area contributed by atoms with E-state index in [-0.39, 0.29) is 23.7 Å². The molecule has 0 saturated carbocycles. The van der Waals surface area contributed by atoms with Crippen LogP contribution in [0.4, 0.5) is 11.4 Å². The third-order valence-electron chi connectivity index (χ3n) is 4.45. The Kier molecular flexibility index (Phi) is 7.80. The van der Waals surface area contributed by atoms with E-state index in [9.17, 15) is 29.8 Å². The van der Waals surface area contributed by atoms with E-state index in [4.69, 9.17) is 9.47 Å². The molecular formula is C23H18N4O8. The number of nitro groups is 2. The molecular weight excluding hydrogens is 460 g/mol. The Morgan fingerprint density at radius 1 is 0.914 bits per heavy atom. The van der Waals surface area contributed by atoms with E-state index in [0.717, 1.165) is 18.2 Å². The van der Waals surface area contributed by atoms with Crippen molar-refractivity contribution in [3.8, 4) is 11.5 Å². The molecule has 35 heavy (non-hydrogen) atoms. The standard InChI is InChI=1S/C23H18N4O8/c1-2-34-21-10-15(14-24-25-22(28)16-6-4-3-5-7-16)8-9-20(21)35-23(29)17-11-18(26(30)31)13-19(12-17)27(32)33/h3-14H,2H2,1H3,(H,25,28)/b24-14+. The Balaban J connectivity index is 1.79. The van der Waals surface area contributed by atoms with Gasteiger partial charge < -0.3 is 9.47 Å². The van der Waals surface area contributed by atoms with Gasteiger partial charge in [-0.15, -0.1) is 0 Å². The van der Waals surface area contributed by atoms with E-state index in [1.165, 1.54) is 24.4 Å². The number of hydrazone groups is 1. The minimum atomic E-state index is -1.05. The van der Waals surface area contributed by atoms with Gasteiger partial charge >= 0.3 is 5.97 Å².